The SMILES string of the molecule is CC(N)C(OCC(F)F)c1cccc(Br)c1. The van der Waals surface area contributed by atoms with Crippen molar-refractivity contribution in [2.75, 3.05) is 6.61 Å². The van der Waals surface area contributed by atoms with Gasteiger partial charge in [-0.2, -0.15) is 0 Å². The molecule has 0 saturated heterocycles. The highest BCUT2D eigenvalue weighted by Gasteiger charge is 2.18. The summed E-state index contributed by atoms with van der Waals surface area (Å²) in [6.07, 6.45) is -2.99. The molecule has 1 rings (SSSR count). The largest absolute Gasteiger partial charge is 0.366 e. The number of hydrogen-bond acceptors (Lipinski definition) is 2. The van der Waals surface area contributed by atoms with Crippen molar-refractivity contribution < 1.29 is 13.5 Å². The van der Waals surface area contributed by atoms with E-state index in [1.807, 2.05) is 24.3 Å². The maximum atomic E-state index is 12.1. The van der Waals surface area contributed by atoms with Crippen LogP contribution in [-0.2, 0) is 4.74 Å². The third-order valence-electron chi connectivity index (χ3n) is 2.06. The second kappa shape index (κ2) is 6.27. The predicted molar refractivity (Wildman–Crippen MR) is 62.5 cm³/mol. The van der Waals surface area contributed by atoms with Crippen LogP contribution in [0.3, 0.4) is 0 Å². The molecular weight excluding hydrogens is 280 g/mol. The molecule has 0 aliphatic rings. The molecule has 0 spiro atoms. The zero-order chi connectivity index (χ0) is 12.1. The van der Waals surface area contributed by atoms with E-state index in [0.717, 1.165) is 10.0 Å². The molecule has 0 amide bonds. The molecule has 0 fully saturated rings. The zero-order valence-electron chi connectivity index (χ0n) is 8.87. The summed E-state index contributed by atoms with van der Waals surface area (Å²) in [6, 6.07) is 6.96. The van der Waals surface area contributed by atoms with Gasteiger partial charge in [0, 0.05) is 10.5 Å². The van der Waals surface area contributed by atoms with Crippen molar-refractivity contribution in [1.82, 2.24) is 0 Å². The van der Waals surface area contributed by atoms with Gasteiger partial charge in [0.2, 0.25) is 0 Å². The summed E-state index contributed by atoms with van der Waals surface area (Å²) in [5.74, 6) is 0. The molecule has 0 saturated carbocycles. The van der Waals surface area contributed by atoms with Gasteiger partial charge in [-0.05, 0) is 24.6 Å². The molecule has 1 aromatic rings. The molecule has 2 N–H and O–H groups in total. The van der Waals surface area contributed by atoms with Crippen molar-refractivity contribution in [3.63, 3.8) is 0 Å². The minimum Gasteiger partial charge on any atom is -0.366 e. The molecule has 0 aliphatic carbocycles. The van der Waals surface area contributed by atoms with E-state index in [9.17, 15) is 8.78 Å². The summed E-state index contributed by atoms with van der Waals surface area (Å²) in [6.45, 7) is 1.13. The second-order valence-corrected chi connectivity index (χ2v) is 4.47. The first kappa shape index (κ1) is 13.5. The van der Waals surface area contributed by atoms with Gasteiger partial charge in [-0.15, -0.1) is 0 Å². The maximum Gasteiger partial charge on any atom is 0.261 e. The van der Waals surface area contributed by atoms with Crippen molar-refractivity contribution >= 4 is 15.9 Å². The average molecular weight is 294 g/mol. The van der Waals surface area contributed by atoms with Crippen molar-refractivity contribution in [2.24, 2.45) is 5.73 Å². The molecule has 5 heteroatoms. The third-order valence-corrected chi connectivity index (χ3v) is 2.55. The first-order chi connectivity index (χ1) is 7.50. The Bertz CT molecular complexity index is 334. The fourth-order valence-electron chi connectivity index (χ4n) is 1.41. The fourth-order valence-corrected chi connectivity index (χ4v) is 1.83. The van der Waals surface area contributed by atoms with Crippen LogP contribution in [-0.4, -0.2) is 19.1 Å². The van der Waals surface area contributed by atoms with Crippen LogP contribution in [0.2, 0.25) is 0 Å². The van der Waals surface area contributed by atoms with Gasteiger partial charge >= 0.3 is 0 Å². The number of hydrogen-bond donors (Lipinski definition) is 1. The Balaban J connectivity index is 2.77. The van der Waals surface area contributed by atoms with Crippen molar-refractivity contribution in [3.8, 4) is 0 Å². The van der Waals surface area contributed by atoms with Gasteiger partial charge in [0.05, 0.1) is 6.10 Å². The highest BCUT2D eigenvalue weighted by atomic mass is 79.9. The average Bonchev–Trinajstić information content (AvgIpc) is 2.17. The van der Waals surface area contributed by atoms with Gasteiger partial charge in [-0.25, -0.2) is 8.78 Å². The second-order valence-electron chi connectivity index (χ2n) is 3.56. The van der Waals surface area contributed by atoms with Gasteiger partial charge in [0.25, 0.3) is 6.43 Å². The molecular formula is C11H14BrF2NO. The Kier molecular flexibility index (Phi) is 5.31. The van der Waals surface area contributed by atoms with Crippen molar-refractivity contribution in [2.45, 2.75) is 25.5 Å². The predicted octanol–water partition coefficient (Wildman–Crippen LogP) is 3.12. The van der Waals surface area contributed by atoms with Gasteiger partial charge < -0.3 is 10.5 Å². The highest BCUT2D eigenvalue weighted by molar-refractivity contribution is 9.10. The Hall–Kier alpha value is -0.520. The molecule has 0 heterocycles. The number of benzene rings is 1. The number of ether oxygens (including phenoxy) is 1. The monoisotopic (exact) mass is 293 g/mol. The lowest BCUT2D eigenvalue weighted by atomic mass is 10.0. The lowest BCUT2D eigenvalue weighted by Crippen LogP contribution is -2.28. The first-order valence-electron chi connectivity index (χ1n) is 4.91. The van der Waals surface area contributed by atoms with Gasteiger partial charge in [0.1, 0.15) is 6.61 Å². The maximum absolute atomic E-state index is 12.1. The number of halogens is 3. The Morgan fingerprint density at radius 3 is 2.62 bits per heavy atom. The zero-order valence-corrected chi connectivity index (χ0v) is 10.5. The fraction of sp³-hybridized carbons (Fsp3) is 0.455. The summed E-state index contributed by atoms with van der Waals surface area (Å²) < 4.78 is 30.1. The normalized spacial score (nSPS) is 15.1. The van der Waals surface area contributed by atoms with E-state index >= 15 is 0 Å². The number of nitrogens with two attached hydrogens (primary N) is 1. The molecule has 2 unspecified atom stereocenters. The van der Waals surface area contributed by atoms with Crippen LogP contribution in [0.25, 0.3) is 0 Å². The smallest absolute Gasteiger partial charge is 0.261 e. The minimum atomic E-state index is -2.48. The minimum absolute atomic E-state index is 0.340. The first-order valence-corrected chi connectivity index (χ1v) is 5.71. The van der Waals surface area contributed by atoms with E-state index in [4.69, 9.17) is 10.5 Å². The van der Waals surface area contributed by atoms with Crippen molar-refractivity contribution in [1.29, 1.82) is 0 Å². The van der Waals surface area contributed by atoms with Crippen LogP contribution in [0.5, 0.6) is 0 Å². The molecule has 2 atom stereocenters. The lowest BCUT2D eigenvalue weighted by molar-refractivity contribution is -0.0326. The van der Waals surface area contributed by atoms with E-state index in [-0.39, 0.29) is 6.04 Å². The number of rotatable bonds is 5. The van der Waals surface area contributed by atoms with Gasteiger partial charge in [0.15, 0.2) is 0 Å². The molecule has 16 heavy (non-hydrogen) atoms. The lowest BCUT2D eigenvalue weighted by Gasteiger charge is -2.21. The van der Waals surface area contributed by atoms with Crippen LogP contribution >= 0.6 is 15.9 Å². The van der Waals surface area contributed by atoms with E-state index in [2.05, 4.69) is 15.9 Å². The molecule has 1 aromatic carbocycles. The Morgan fingerprint density at radius 1 is 1.44 bits per heavy atom. The summed E-state index contributed by atoms with van der Waals surface area (Å²) in [7, 11) is 0. The molecule has 0 aromatic heterocycles. The molecule has 0 bridgehead atoms. The van der Waals surface area contributed by atoms with E-state index in [0.29, 0.717) is 0 Å². The number of alkyl halides is 2. The Labute approximate surface area is 102 Å². The standard InChI is InChI=1S/C11H14BrF2NO/c1-7(15)11(16-6-10(13)14)8-3-2-4-9(12)5-8/h2-5,7,10-11H,6,15H2,1H3. The Morgan fingerprint density at radius 2 is 2.12 bits per heavy atom. The van der Waals surface area contributed by atoms with Crippen molar-refractivity contribution in [3.05, 3.63) is 34.3 Å². The topological polar surface area (TPSA) is 35.2 Å². The summed E-state index contributed by atoms with van der Waals surface area (Å²) in [5.41, 5.74) is 6.52. The molecule has 2 nitrogen and oxygen atoms in total. The molecule has 0 radical (unpaired) electrons. The van der Waals surface area contributed by atoms with Crippen LogP contribution in [0.1, 0.15) is 18.6 Å². The summed E-state index contributed by atoms with van der Waals surface area (Å²) in [4.78, 5) is 0. The molecule has 90 valence electrons. The van der Waals surface area contributed by atoms with Crippen LogP contribution in [0.4, 0.5) is 8.78 Å². The van der Waals surface area contributed by atoms with Gasteiger partial charge in [-0.3, -0.25) is 0 Å². The van der Waals surface area contributed by atoms with E-state index in [1.54, 1.807) is 6.92 Å². The summed E-state index contributed by atoms with van der Waals surface area (Å²) >= 11 is 3.32. The van der Waals surface area contributed by atoms with Gasteiger partial charge in [-0.1, -0.05) is 28.1 Å². The van der Waals surface area contributed by atoms with Crippen LogP contribution < -0.4 is 5.73 Å². The highest BCUT2D eigenvalue weighted by Crippen LogP contribution is 2.23. The molecule has 0 aliphatic heterocycles. The third kappa shape index (κ3) is 4.15. The van der Waals surface area contributed by atoms with E-state index < -0.39 is 19.1 Å². The summed E-state index contributed by atoms with van der Waals surface area (Å²) in [5, 5.41) is 0. The van der Waals surface area contributed by atoms with Crippen LogP contribution in [0.15, 0.2) is 28.7 Å². The quantitative estimate of drug-likeness (QED) is 0.905. The van der Waals surface area contributed by atoms with Crippen LogP contribution in [0, 0.1) is 0 Å². The van der Waals surface area contributed by atoms with E-state index in [1.165, 1.54) is 0 Å².